The second-order valence-electron chi connectivity index (χ2n) is 4.46. The summed E-state index contributed by atoms with van der Waals surface area (Å²) < 4.78 is 0. The minimum Gasteiger partial charge on any atom is -0.385 e. The summed E-state index contributed by atoms with van der Waals surface area (Å²) in [6.07, 6.45) is 4.43. The number of hydrogen-bond acceptors (Lipinski definition) is 4. The van der Waals surface area contributed by atoms with E-state index in [1.54, 1.807) is 0 Å². The Hall–Kier alpha value is -1.29. The van der Waals surface area contributed by atoms with Crippen LogP contribution in [0.15, 0.2) is 18.3 Å². The summed E-state index contributed by atoms with van der Waals surface area (Å²) in [7, 11) is 1.95. The Labute approximate surface area is 103 Å². The Balaban J connectivity index is 2.10. The van der Waals surface area contributed by atoms with Crippen molar-refractivity contribution in [1.29, 1.82) is 0 Å². The molecule has 1 aromatic heterocycles. The van der Waals surface area contributed by atoms with Gasteiger partial charge >= 0.3 is 0 Å². The Bertz CT molecular complexity index is 347. The normalized spacial score (nSPS) is 19.3. The van der Waals surface area contributed by atoms with Gasteiger partial charge in [-0.15, -0.1) is 0 Å². The zero-order valence-electron chi connectivity index (χ0n) is 10.7. The van der Waals surface area contributed by atoms with E-state index in [1.807, 2.05) is 19.3 Å². The van der Waals surface area contributed by atoms with Gasteiger partial charge in [-0.25, -0.2) is 4.98 Å². The van der Waals surface area contributed by atoms with Crippen molar-refractivity contribution >= 4 is 11.5 Å². The third-order valence-electron chi connectivity index (χ3n) is 3.34. The van der Waals surface area contributed by atoms with Gasteiger partial charge in [0.1, 0.15) is 0 Å². The second kappa shape index (κ2) is 5.87. The van der Waals surface area contributed by atoms with Crippen LogP contribution in [-0.4, -0.2) is 37.7 Å². The molecule has 4 heteroatoms. The Morgan fingerprint density at radius 1 is 1.59 bits per heavy atom. The van der Waals surface area contributed by atoms with Crippen LogP contribution < -0.4 is 15.5 Å². The van der Waals surface area contributed by atoms with Gasteiger partial charge in [-0.3, -0.25) is 0 Å². The molecule has 1 fully saturated rings. The van der Waals surface area contributed by atoms with Gasteiger partial charge in [-0.05, 0) is 38.4 Å². The van der Waals surface area contributed by atoms with E-state index in [1.165, 1.54) is 12.8 Å². The molecule has 2 rings (SSSR count). The molecule has 0 amide bonds. The molecule has 0 aliphatic carbocycles. The van der Waals surface area contributed by atoms with E-state index in [2.05, 4.69) is 33.5 Å². The first kappa shape index (κ1) is 12.2. The van der Waals surface area contributed by atoms with Gasteiger partial charge < -0.3 is 15.5 Å². The molecule has 1 aliphatic rings. The van der Waals surface area contributed by atoms with E-state index >= 15 is 0 Å². The molecule has 1 saturated heterocycles. The molecule has 0 spiro atoms. The lowest BCUT2D eigenvalue weighted by atomic mass is 10.2. The van der Waals surface area contributed by atoms with E-state index < -0.39 is 0 Å². The standard InChI is InChI=1S/C13H22N4/c1-3-17(10-11-6-4-8-15-11)13-12(14-2)7-5-9-16-13/h5,7,9,11,14-15H,3-4,6,8,10H2,1-2H3. The number of pyridine rings is 1. The van der Waals surface area contributed by atoms with Crippen LogP contribution in [0.3, 0.4) is 0 Å². The zero-order chi connectivity index (χ0) is 12.1. The predicted octanol–water partition coefficient (Wildman–Crippen LogP) is 1.70. The van der Waals surface area contributed by atoms with Gasteiger partial charge in [0.05, 0.1) is 5.69 Å². The van der Waals surface area contributed by atoms with Crippen molar-refractivity contribution in [3.63, 3.8) is 0 Å². The monoisotopic (exact) mass is 234 g/mol. The maximum absolute atomic E-state index is 4.50. The highest BCUT2D eigenvalue weighted by Crippen LogP contribution is 2.22. The molecular weight excluding hydrogens is 212 g/mol. The van der Waals surface area contributed by atoms with Crippen LogP contribution in [0, 0.1) is 0 Å². The van der Waals surface area contributed by atoms with Crippen LogP contribution in [0.4, 0.5) is 11.5 Å². The Kier molecular flexibility index (Phi) is 4.20. The van der Waals surface area contributed by atoms with E-state index in [0.717, 1.165) is 31.1 Å². The van der Waals surface area contributed by atoms with Gasteiger partial charge in [0.2, 0.25) is 0 Å². The van der Waals surface area contributed by atoms with Gasteiger partial charge in [-0.2, -0.15) is 0 Å². The first-order valence-corrected chi connectivity index (χ1v) is 6.46. The van der Waals surface area contributed by atoms with Crippen LogP contribution in [0.25, 0.3) is 0 Å². The van der Waals surface area contributed by atoms with Crippen LogP contribution in [0.1, 0.15) is 19.8 Å². The second-order valence-corrected chi connectivity index (χ2v) is 4.46. The Morgan fingerprint density at radius 2 is 2.47 bits per heavy atom. The predicted molar refractivity (Wildman–Crippen MR) is 72.7 cm³/mol. The molecule has 0 bridgehead atoms. The topological polar surface area (TPSA) is 40.2 Å². The van der Waals surface area contributed by atoms with E-state index in [9.17, 15) is 0 Å². The molecule has 17 heavy (non-hydrogen) atoms. The Morgan fingerprint density at radius 3 is 3.12 bits per heavy atom. The molecule has 0 aromatic carbocycles. The van der Waals surface area contributed by atoms with Crippen LogP contribution in [0.2, 0.25) is 0 Å². The summed E-state index contributed by atoms with van der Waals surface area (Å²) in [6.45, 7) is 5.37. The highest BCUT2D eigenvalue weighted by molar-refractivity contribution is 5.65. The third kappa shape index (κ3) is 2.88. The highest BCUT2D eigenvalue weighted by Gasteiger charge is 2.19. The summed E-state index contributed by atoms with van der Waals surface area (Å²) in [5.41, 5.74) is 1.10. The molecule has 2 N–H and O–H groups in total. The van der Waals surface area contributed by atoms with E-state index in [-0.39, 0.29) is 0 Å². The minimum atomic E-state index is 0.613. The molecule has 1 aliphatic heterocycles. The molecule has 1 aromatic rings. The molecule has 94 valence electrons. The quantitative estimate of drug-likeness (QED) is 0.813. The molecule has 1 unspecified atom stereocenters. The van der Waals surface area contributed by atoms with Crippen molar-refractivity contribution < 1.29 is 0 Å². The van der Waals surface area contributed by atoms with Gasteiger partial charge in [0.15, 0.2) is 5.82 Å². The first-order valence-electron chi connectivity index (χ1n) is 6.46. The smallest absolute Gasteiger partial charge is 0.151 e. The summed E-state index contributed by atoms with van der Waals surface area (Å²) in [5, 5.41) is 6.75. The summed E-state index contributed by atoms with van der Waals surface area (Å²) in [6, 6.07) is 4.66. The first-order chi connectivity index (χ1) is 8.35. The SMILES string of the molecule is CCN(CC1CCCN1)c1ncccc1NC. The van der Waals surface area contributed by atoms with E-state index in [0.29, 0.717) is 6.04 Å². The number of hydrogen-bond donors (Lipinski definition) is 2. The molecule has 0 radical (unpaired) electrons. The average molecular weight is 234 g/mol. The summed E-state index contributed by atoms with van der Waals surface area (Å²) >= 11 is 0. The van der Waals surface area contributed by atoms with Gasteiger partial charge in [0.25, 0.3) is 0 Å². The molecule has 4 nitrogen and oxygen atoms in total. The van der Waals surface area contributed by atoms with Crippen molar-refractivity contribution in [2.75, 3.05) is 36.9 Å². The summed E-state index contributed by atoms with van der Waals surface area (Å²) in [4.78, 5) is 6.84. The van der Waals surface area contributed by atoms with Crippen molar-refractivity contribution in [3.05, 3.63) is 18.3 Å². The van der Waals surface area contributed by atoms with Crippen molar-refractivity contribution in [1.82, 2.24) is 10.3 Å². The fourth-order valence-electron chi connectivity index (χ4n) is 2.39. The van der Waals surface area contributed by atoms with Gasteiger partial charge in [0, 0.05) is 32.4 Å². The number of likely N-dealkylation sites (N-methyl/N-ethyl adjacent to an activating group) is 1. The zero-order valence-corrected chi connectivity index (χ0v) is 10.7. The van der Waals surface area contributed by atoms with Crippen LogP contribution in [-0.2, 0) is 0 Å². The maximum atomic E-state index is 4.50. The average Bonchev–Trinajstić information content (AvgIpc) is 2.89. The minimum absolute atomic E-state index is 0.613. The summed E-state index contributed by atoms with van der Waals surface area (Å²) in [5.74, 6) is 1.06. The largest absolute Gasteiger partial charge is 0.385 e. The molecule has 0 saturated carbocycles. The van der Waals surface area contributed by atoms with Gasteiger partial charge in [-0.1, -0.05) is 0 Å². The van der Waals surface area contributed by atoms with Crippen molar-refractivity contribution in [2.24, 2.45) is 0 Å². The lowest BCUT2D eigenvalue weighted by Crippen LogP contribution is -2.38. The third-order valence-corrected chi connectivity index (χ3v) is 3.34. The van der Waals surface area contributed by atoms with Crippen LogP contribution in [0.5, 0.6) is 0 Å². The highest BCUT2D eigenvalue weighted by atomic mass is 15.2. The maximum Gasteiger partial charge on any atom is 0.151 e. The number of nitrogens with one attached hydrogen (secondary N) is 2. The number of nitrogens with zero attached hydrogens (tertiary/aromatic N) is 2. The fraction of sp³-hybridized carbons (Fsp3) is 0.615. The number of rotatable bonds is 5. The van der Waals surface area contributed by atoms with Crippen molar-refractivity contribution in [2.45, 2.75) is 25.8 Å². The number of anilines is 2. The van der Waals surface area contributed by atoms with E-state index in [4.69, 9.17) is 0 Å². The van der Waals surface area contributed by atoms with Crippen LogP contribution >= 0.6 is 0 Å². The lowest BCUT2D eigenvalue weighted by Gasteiger charge is -2.27. The molecule has 1 atom stereocenters. The lowest BCUT2D eigenvalue weighted by molar-refractivity contribution is 0.584. The fourth-order valence-corrected chi connectivity index (χ4v) is 2.39. The molecule has 2 heterocycles. The number of aromatic nitrogens is 1. The molecular formula is C13H22N4. The van der Waals surface area contributed by atoms with Crippen molar-refractivity contribution in [3.8, 4) is 0 Å².